The predicted molar refractivity (Wildman–Crippen MR) is 89.3 cm³/mol. The van der Waals surface area contributed by atoms with Crippen LogP contribution < -0.4 is 0 Å². The van der Waals surface area contributed by atoms with E-state index in [4.69, 9.17) is 16.3 Å². The van der Waals surface area contributed by atoms with Gasteiger partial charge in [-0.2, -0.15) is 0 Å². The molecule has 3 unspecified atom stereocenters. The largest absolute Gasteiger partial charge is 0.362 e. The monoisotopic (exact) mass is 302 g/mol. The van der Waals surface area contributed by atoms with E-state index >= 15 is 0 Å². The van der Waals surface area contributed by atoms with Gasteiger partial charge in [-0.3, -0.25) is 0 Å². The molecule has 20 heavy (non-hydrogen) atoms. The third-order valence-electron chi connectivity index (χ3n) is 4.54. The van der Waals surface area contributed by atoms with Gasteiger partial charge in [-0.25, -0.2) is 0 Å². The van der Waals surface area contributed by atoms with Gasteiger partial charge in [-0.05, 0) is 24.7 Å². The first-order chi connectivity index (χ1) is 9.74. The first kappa shape index (κ1) is 18.3. The van der Waals surface area contributed by atoms with E-state index in [1.807, 2.05) is 0 Å². The highest BCUT2D eigenvalue weighted by Gasteiger charge is 2.27. The zero-order chi connectivity index (χ0) is 14.6. The Labute approximate surface area is 131 Å². The van der Waals surface area contributed by atoms with Crippen LogP contribution in [0.25, 0.3) is 0 Å². The number of hydrogen-bond acceptors (Lipinski definition) is 1. The second kappa shape index (κ2) is 11.9. The van der Waals surface area contributed by atoms with Gasteiger partial charge in [-0.1, -0.05) is 89.7 Å². The highest BCUT2D eigenvalue weighted by Crippen LogP contribution is 2.31. The van der Waals surface area contributed by atoms with Crippen molar-refractivity contribution in [1.82, 2.24) is 0 Å². The topological polar surface area (TPSA) is 9.23 Å². The molecule has 1 aliphatic rings. The quantitative estimate of drug-likeness (QED) is 0.311. The fourth-order valence-corrected chi connectivity index (χ4v) is 3.53. The standard InChI is InChI=1S/C18H35ClO/c1-3-4-5-6-7-8-9-10-11-12-13-17-14-16(2)15-20-18(17)19/h16-18H,3-15H2,1-2H3. The maximum absolute atomic E-state index is 6.25. The molecule has 0 amide bonds. The molecule has 0 saturated carbocycles. The minimum atomic E-state index is -0.0234. The Morgan fingerprint density at radius 3 is 2.05 bits per heavy atom. The van der Waals surface area contributed by atoms with Crippen molar-refractivity contribution in [3.05, 3.63) is 0 Å². The maximum Gasteiger partial charge on any atom is 0.134 e. The summed E-state index contributed by atoms with van der Waals surface area (Å²) in [6.45, 7) is 5.40. The Morgan fingerprint density at radius 2 is 1.45 bits per heavy atom. The lowest BCUT2D eigenvalue weighted by molar-refractivity contribution is -0.00903. The van der Waals surface area contributed by atoms with E-state index < -0.39 is 0 Å². The van der Waals surface area contributed by atoms with Crippen LogP contribution in [0, 0.1) is 11.8 Å². The van der Waals surface area contributed by atoms with Gasteiger partial charge in [0.25, 0.3) is 0 Å². The van der Waals surface area contributed by atoms with Gasteiger partial charge in [-0.15, -0.1) is 0 Å². The number of halogens is 1. The first-order valence-electron chi connectivity index (χ1n) is 8.99. The van der Waals surface area contributed by atoms with Crippen LogP contribution in [-0.4, -0.2) is 12.2 Å². The van der Waals surface area contributed by atoms with Crippen LogP contribution >= 0.6 is 11.6 Å². The molecule has 0 aliphatic carbocycles. The van der Waals surface area contributed by atoms with Gasteiger partial charge >= 0.3 is 0 Å². The summed E-state index contributed by atoms with van der Waals surface area (Å²) in [6.07, 6.45) is 16.6. The summed E-state index contributed by atoms with van der Waals surface area (Å²) in [4.78, 5) is 0. The molecule has 1 nitrogen and oxygen atoms in total. The van der Waals surface area contributed by atoms with E-state index in [1.54, 1.807) is 0 Å². The van der Waals surface area contributed by atoms with Crippen LogP contribution in [0.2, 0.25) is 0 Å². The molecule has 1 heterocycles. The molecule has 0 aromatic carbocycles. The highest BCUT2D eigenvalue weighted by molar-refractivity contribution is 6.19. The molecule has 0 spiro atoms. The average Bonchev–Trinajstić information content (AvgIpc) is 2.44. The number of ether oxygens (including phenoxy) is 1. The Bertz CT molecular complexity index is 219. The smallest absolute Gasteiger partial charge is 0.134 e. The van der Waals surface area contributed by atoms with Crippen LogP contribution in [0.4, 0.5) is 0 Å². The lowest BCUT2D eigenvalue weighted by atomic mass is 9.90. The van der Waals surface area contributed by atoms with Gasteiger partial charge in [0.1, 0.15) is 5.56 Å². The number of unbranched alkanes of at least 4 members (excludes halogenated alkanes) is 9. The van der Waals surface area contributed by atoms with Crippen LogP contribution in [-0.2, 0) is 4.74 Å². The summed E-state index contributed by atoms with van der Waals surface area (Å²) in [5.41, 5.74) is -0.0234. The number of rotatable bonds is 11. The lowest BCUT2D eigenvalue weighted by Gasteiger charge is -2.31. The third kappa shape index (κ3) is 8.52. The van der Waals surface area contributed by atoms with E-state index in [9.17, 15) is 0 Å². The SMILES string of the molecule is CCCCCCCCCCCCC1CC(C)COC1Cl. The summed E-state index contributed by atoms with van der Waals surface area (Å²) >= 11 is 6.25. The van der Waals surface area contributed by atoms with Gasteiger partial charge in [0.2, 0.25) is 0 Å². The first-order valence-corrected chi connectivity index (χ1v) is 9.43. The van der Waals surface area contributed by atoms with Crippen LogP contribution in [0.3, 0.4) is 0 Å². The fourth-order valence-electron chi connectivity index (χ4n) is 3.23. The molecule has 1 aliphatic heterocycles. The van der Waals surface area contributed by atoms with E-state index in [0.717, 1.165) is 6.61 Å². The van der Waals surface area contributed by atoms with Crippen LogP contribution in [0.5, 0.6) is 0 Å². The van der Waals surface area contributed by atoms with Crippen molar-refractivity contribution in [3.63, 3.8) is 0 Å². The van der Waals surface area contributed by atoms with Crippen molar-refractivity contribution in [2.24, 2.45) is 11.8 Å². The Morgan fingerprint density at radius 1 is 0.900 bits per heavy atom. The van der Waals surface area contributed by atoms with E-state index in [2.05, 4.69) is 13.8 Å². The molecule has 1 rings (SSSR count). The minimum Gasteiger partial charge on any atom is -0.362 e. The number of hydrogen-bond donors (Lipinski definition) is 0. The fraction of sp³-hybridized carbons (Fsp3) is 1.00. The van der Waals surface area contributed by atoms with Crippen molar-refractivity contribution < 1.29 is 4.74 Å². The van der Waals surface area contributed by atoms with Crippen LogP contribution in [0.15, 0.2) is 0 Å². The molecular weight excluding hydrogens is 268 g/mol. The Hall–Kier alpha value is 0.250. The molecule has 2 heteroatoms. The highest BCUT2D eigenvalue weighted by atomic mass is 35.5. The van der Waals surface area contributed by atoms with Gasteiger partial charge in [0.05, 0.1) is 6.61 Å². The van der Waals surface area contributed by atoms with Gasteiger partial charge < -0.3 is 4.74 Å². The molecular formula is C18H35ClO. The molecule has 1 fully saturated rings. The molecule has 0 bridgehead atoms. The molecule has 1 saturated heterocycles. The van der Waals surface area contributed by atoms with Crippen molar-refractivity contribution >= 4 is 11.6 Å². The predicted octanol–water partition coefficient (Wildman–Crippen LogP) is 6.53. The van der Waals surface area contributed by atoms with Crippen molar-refractivity contribution in [2.75, 3.05) is 6.61 Å². The third-order valence-corrected chi connectivity index (χ3v) is 5.03. The van der Waals surface area contributed by atoms with Gasteiger partial charge in [0.15, 0.2) is 0 Å². The molecule has 3 atom stereocenters. The van der Waals surface area contributed by atoms with Gasteiger partial charge in [0, 0.05) is 0 Å². The molecule has 0 aromatic heterocycles. The molecule has 0 radical (unpaired) electrons. The summed E-state index contributed by atoms with van der Waals surface area (Å²) in [5.74, 6) is 1.28. The minimum absolute atomic E-state index is 0.0234. The zero-order valence-corrected chi connectivity index (χ0v) is 14.5. The average molecular weight is 303 g/mol. The van der Waals surface area contributed by atoms with Crippen molar-refractivity contribution in [2.45, 2.75) is 96.5 Å². The number of alkyl halides is 1. The molecule has 0 aromatic rings. The second-order valence-corrected chi connectivity index (χ2v) is 7.19. The zero-order valence-electron chi connectivity index (χ0n) is 13.7. The summed E-state index contributed by atoms with van der Waals surface area (Å²) < 4.78 is 5.61. The summed E-state index contributed by atoms with van der Waals surface area (Å²) in [6, 6.07) is 0. The van der Waals surface area contributed by atoms with E-state index in [-0.39, 0.29) is 5.56 Å². The normalized spacial score (nSPS) is 26.9. The van der Waals surface area contributed by atoms with Crippen molar-refractivity contribution in [3.8, 4) is 0 Å². The molecule has 0 N–H and O–H groups in total. The summed E-state index contributed by atoms with van der Waals surface area (Å²) in [5, 5.41) is 0. The lowest BCUT2D eigenvalue weighted by Crippen LogP contribution is -2.29. The van der Waals surface area contributed by atoms with Crippen molar-refractivity contribution in [1.29, 1.82) is 0 Å². The van der Waals surface area contributed by atoms with E-state index in [1.165, 1.54) is 77.0 Å². The second-order valence-electron chi connectivity index (χ2n) is 6.76. The summed E-state index contributed by atoms with van der Waals surface area (Å²) in [7, 11) is 0. The van der Waals surface area contributed by atoms with E-state index in [0.29, 0.717) is 11.8 Å². The molecule has 120 valence electrons. The Kier molecular flexibility index (Phi) is 10.9. The maximum atomic E-state index is 6.25. The Balaban J connectivity index is 1.86. The van der Waals surface area contributed by atoms with Crippen LogP contribution in [0.1, 0.15) is 90.9 Å².